The lowest BCUT2D eigenvalue weighted by Crippen LogP contribution is -2.53. The van der Waals surface area contributed by atoms with Crippen molar-refractivity contribution in [2.45, 2.75) is 44.8 Å². The number of nitrogens with zero attached hydrogens (tertiary/aromatic N) is 4. The van der Waals surface area contributed by atoms with Gasteiger partial charge in [0.2, 0.25) is 5.91 Å². The molecule has 3 atom stereocenters. The summed E-state index contributed by atoms with van der Waals surface area (Å²) in [5, 5.41) is 2.90. The van der Waals surface area contributed by atoms with Crippen LogP contribution in [0.4, 0.5) is 5.69 Å². The quantitative estimate of drug-likeness (QED) is 0.636. The standard InChI is InChI=1S/C27H33N5O4/c1-17(2)15-21(29-25(34)18-5-7-20(8-6-18)30(3)4)27(36)31-14-11-22-24(31)23(33)16-32(22)26(35)19-9-12-28-13-10-19/h5-10,12-13,17,21-22,24H,11,14-16H2,1-4H3,(H,29,34)/t21-,22?,24-/m0/s1. The van der Waals surface area contributed by atoms with E-state index in [-0.39, 0.29) is 42.0 Å². The summed E-state index contributed by atoms with van der Waals surface area (Å²) in [5.41, 5.74) is 1.90. The third kappa shape index (κ3) is 5.10. The highest BCUT2D eigenvalue weighted by Crippen LogP contribution is 2.31. The first-order chi connectivity index (χ1) is 17.2. The van der Waals surface area contributed by atoms with E-state index >= 15 is 0 Å². The van der Waals surface area contributed by atoms with Crippen molar-refractivity contribution in [3.05, 3.63) is 59.9 Å². The van der Waals surface area contributed by atoms with Crippen molar-refractivity contribution in [1.29, 1.82) is 0 Å². The Hall–Kier alpha value is -3.75. The molecule has 0 aliphatic carbocycles. The number of nitrogens with one attached hydrogen (secondary N) is 1. The average molecular weight is 492 g/mol. The van der Waals surface area contributed by atoms with Gasteiger partial charge in [0.25, 0.3) is 11.8 Å². The SMILES string of the molecule is CC(C)C[C@H](NC(=O)c1ccc(N(C)C)cc1)C(=O)N1CCC2[C@H]1C(=O)CN2C(=O)c1ccncc1. The van der Waals surface area contributed by atoms with Gasteiger partial charge in [0.05, 0.1) is 12.6 Å². The number of carbonyl (C=O) groups excluding carboxylic acids is 4. The van der Waals surface area contributed by atoms with Crippen LogP contribution in [0.25, 0.3) is 0 Å². The van der Waals surface area contributed by atoms with Crippen molar-refractivity contribution in [2.24, 2.45) is 5.92 Å². The number of aromatic nitrogens is 1. The fourth-order valence-electron chi connectivity index (χ4n) is 5.04. The van der Waals surface area contributed by atoms with E-state index in [0.29, 0.717) is 30.5 Å². The van der Waals surface area contributed by atoms with E-state index in [1.807, 2.05) is 45.0 Å². The maximum absolute atomic E-state index is 13.7. The molecule has 36 heavy (non-hydrogen) atoms. The predicted molar refractivity (Wildman–Crippen MR) is 136 cm³/mol. The molecule has 2 aliphatic heterocycles. The number of likely N-dealkylation sites (tertiary alicyclic amines) is 2. The number of amides is 3. The third-order valence-corrected chi connectivity index (χ3v) is 6.85. The zero-order valence-corrected chi connectivity index (χ0v) is 21.2. The zero-order chi connectivity index (χ0) is 26.0. The van der Waals surface area contributed by atoms with Gasteiger partial charge in [0.15, 0.2) is 5.78 Å². The van der Waals surface area contributed by atoms with Gasteiger partial charge in [-0.1, -0.05) is 13.8 Å². The molecule has 2 aliphatic rings. The number of benzene rings is 1. The van der Waals surface area contributed by atoms with Gasteiger partial charge >= 0.3 is 0 Å². The van der Waals surface area contributed by atoms with Gasteiger partial charge in [0.1, 0.15) is 12.1 Å². The number of hydrogen-bond donors (Lipinski definition) is 1. The molecule has 2 aromatic rings. The molecular formula is C27H33N5O4. The van der Waals surface area contributed by atoms with Crippen molar-refractivity contribution in [2.75, 3.05) is 32.1 Å². The first-order valence-corrected chi connectivity index (χ1v) is 12.3. The average Bonchev–Trinajstić information content (AvgIpc) is 3.44. The van der Waals surface area contributed by atoms with Crippen LogP contribution < -0.4 is 10.2 Å². The Morgan fingerprint density at radius 1 is 1.03 bits per heavy atom. The Labute approximate surface area is 211 Å². The van der Waals surface area contributed by atoms with Crippen LogP contribution >= 0.6 is 0 Å². The highest BCUT2D eigenvalue weighted by atomic mass is 16.2. The number of anilines is 1. The Bertz CT molecular complexity index is 1130. The molecule has 2 saturated heterocycles. The predicted octanol–water partition coefficient (Wildman–Crippen LogP) is 1.99. The second kappa shape index (κ2) is 10.5. The van der Waals surface area contributed by atoms with Gasteiger partial charge in [-0.05, 0) is 55.2 Å². The highest BCUT2D eigenvalue weighted by molar-refractivity contribution is 6.03. The Morgan fingerprint density at radius 2 is 1.69 bits per heavy atom. The lowest BCUT2D eigenvalue weighted by atomic mass is 10.0. The van der Waals surface area contributed by atoms with Crippen LogP contribution in [0, 0.1) is 5.92 Å². The van der Waals surface area contributed by atoms with Crippen molar-refractivity contribution in [3.63, 3.8) is 0 Å². The maximum atomic E-state index is 13.7. The molecule has 0 bridgehead atoms. The number of ketones is 1. The van der Waals surface area contributed by atoms with Gasteiger partial charge in [-0.15, -0.1) is 0 Å². The topological polar surface area (TPSA) is 103 Å². The van der Waals surface area contributed by atoms with Crippen LogP contribution in [0.15, 0.2) is 48.8 Å². The van der Waals surface area contributed by atoms with Gasteiger partial charge in [-0.2, -0.15) is 0 Å². The molecule has 4 rings (SSSR count). The van der Waals surface area contributed by atoms with Crippen LogP contribution in [0.5, 0.6) is 0 Å². The lowest BCUT2D eigenvalue weighted by Gasteiger charge is -2.29. The van der Waals surface area contributed by atoms with E-state index in [1.165, 1.54) is 0 Å². The molecule has 3 amide bonds. The minimum absolute atomic E-state index is 0.0281. The second-order valence-corrected chi connectivity index (χ2v) is 10.1. The van der Waals surface area contributed by atoms with E-state index in [1.54, 1.807) is 46.5 Å². The number of pyridine rings is 1. The minimum Gasteiger partial charge on any atom is -0.378 e. The molecule has 0 radical (unpaired) electrons. The van der Waals surface area contributed by atoms with Crippen LogP contribution in [0.3, 0.4) is 0 Å². The summed E-state index contributed by atoms with van der Waals surface area (Å²) in [6.45, 7) is 4.31. The van der Waals surface area contributed by atoms with Crippen LogP contribution in [0.2, 0.25) is 0 Å². The summed E-state index contributed by atoms with van der Waals surface area (Å²) < 4.78 is 0. The molecule has 1 N–H and O–H groups in total. The van der Waals surface area contributed by atoms with Crippen molar-refractivity contribution in [1.82, 2.24) is 20.1 Å². The van der Waals surface area contributed by atoms with E-state index in [4.69, 9.17) is 0 Å². The van der Waals surface area contributed by atoms with Crippen LogP contribution in [-0.4, -0.2) is 83.6 Å². The van der Waals surface area contributed by atoms with E-state index in [0.717, 1.165) is 5.69 Å². The number of fused-ring (bicyclic) bond motifs is 1. The fraction of sp³-hybridized carbons (Fsp3) is 0.444. The minimum atomic E-state index is -0.762. The normalized spacial score (nSPS) is 19.9. The molecular weight excluding hydrogens is 458 g/mol. The Kier molecular flexibility index (Phi) is 7.37. The molecule has 0 saturated carbocycles. The fourth-order valence-corrected chi connectivity index (χ4v) is 5.04. The Balaban J connectivity index is 1.50. The van der Waals surface area contributed by atoms with Gasteiger partial charge in [-0.3, -0.25) is 24.2 Å². The van der Waals surface area contributed by atoms with Crippen LogP contribution in [-0.2, 0) is 9.59 Å². The maximum Gasteiger partial charge on any atom is 0.254 e. The Morgan fingerprint density at radius 3 is 2.31 bits per heavy atom. The number of rotatable bonds is 7. The molecule has 1 aromatic carbocycles. The van der Waals surface area contributed by atoms with Gasteiger partial charge in [0, 0.05) is 49.8 Å². The largest absolute Gasteiger partial charge is 0.378 e. The first kappa shape index (κ1) is 25.3. The number of Topliss-reactive ketones (excluding diaryl/α,β-unsaturated/α-hetero) is 1. The van der Waals surface area contributed by atoms with Gasteiger partial charge < -0.3 is 20.0 Å². The summed E-state index contributed by atoms with van der Waals surface area (Å²) in [5.74, 6) is -0.843. The summed E-state index contributed by atoms with van der Waals surface area (Å²) in [6, 6.07) is 8.60. The van der Waals surface area contributed by atoms with Crippen LogP contribution in [0.1, 0.15) is 47.4 Å². The molecule has 9 nitrogen and oxygen atoms in total. The van der Waals surface area contributed by atoms with Gasteiger partial charge in [-0.25, -0.2) is 0 Å². The summed E-state index contributed by atoms with van der Waals surface area (Å²) >= 11 is 0. The first-order valence-electron chi connectivity index (χ1n) is 12.3. The molecule has 190 valence electrons. The van der Waals surface area contributed by atoms with E-state index in [9.17, 15) is 19.2 Å². The van der Waals surface area contributed by atoms with Crippen molar-refractivity contribution < 1.29 is 19.2 Å². The van der Waals surface area contributed by atoms with Crippen molar-refractivity contribution >= 4 is 29.2 Å². The number of carbonyl (C=O) groups is 4. The number of hydrogen-bond acceptors (Lipinski definition) is 6. The second-order valence-electron chi connectivity index (χ2n) is 10.1. The zero-order valence-electron chi connectivity index (χ0n) is 21.2. The molecule has 0 spiro atoms. The summed E-state index contributed by atoms with van der Waals surface area (Å²) in [4.78, 5) is 61.7. The molecule has 1 aromatic heterocycles. The smallest absolute Gasteiger partial charge is 0.254 e. The lowest BCUT2D eigenvalue weighted by molar-refractivity contribution is -0.138. The van der Waals surface area contributed by atoms with E-state index in [2.05, 4.69) is 10.3 Å². The molecule has 1 unspecified atom stereocenters. The monoisotopic (exact) mass is 491 g/mol. The summed E-state index contributed by atoms with van der Waals surface area (Å²) in [7, 11) is 3.84. The molecule has 9 heteroatoms. The van der Waals surface area contributed by atoms with Crippen molar-refractivity contribution in [3.8, 4) is 0 Å². The highest BCUT2D eigenvalue weighted by Gasteiger charge is 2.52. The third-order valence-electron chi connectivity index (χ3n) is 6.85. The summed E-state index contributed by atoms with van der Waals surface area (Å²) in [6.07, 6.45) is 4.05. The molecule has 2 fully saturated rings. The van der Waals surface area contributed by atoms with E-state index < -0.39 is 12.1 Å². The molecule has 3 heterocycles.